The number of nitrogens with zero attached hydrogens (tertiary/aromatic N) is 1. The molecule has 1 N–H and O–H groups in total. The van der Waals surface area contributed by atoms with Gasteiger partial charge in [-0.15, -0.1) is 0 Å². The van der Waals surface area contributed by atoms with Gasteiger partial charge >= 0.3 is 0 Å². The molecule has 3 heteroatoms. The molecular formula is C14H15ClN2. The fourth-order valence-electron chi connectivity index (χ4n) is 3.47. The Morgan fingerprint density at radius 2 is 2.29 bits per heavy atom. The Labute approximate surface area is 107 Å². The summed E-state index contributed by atoms with van der Waals surface area (Å²) in [5, 5.41) is 13.7. The van der Waals surface area contributed by atoms with Crippen molar-refractivity contribution in [1.29, 1.82) is 5.26 Å². The molecule has 0 saturated heterocycles. The highest BCUT2D eigenvalue weighted by Gasteiger charge is 2.51. The molecule has 2 aliphatic carbocycles. The number of hydrogen-bond donors (Lipinski definition) is 1. The minimum absolute atomic E-state index is 0.354. The third-order valence-corrected chi connectivity index (χ3v) is 4.48. The Bertz CT molecular complexity index is 479. The van der Waals surface area contributed by atoms with Gasteiger partial charge in [0, 0.05) is 10.7 Å². The second-order valence-corrected chi connectivity index (χ2v) is 5.74. The van der Waals surface area contributed by atoms with Crippen molar-refractivity contribution in [1.82, 2.24) is 0 Å². The molecule has 3 atom stereocenters. The Balaban J connectivity index is 1.86. The average Bonchev–Trinajstić information content (AvgIpc) is 2.89. The van der Waals surface area contributed by atoms with Crippen LogP contribution in [0.15, 0.2) is 24.3 Å². The molecule has 0 heterocycles. The van der Waals surface area contributed by atoms with Crippen LogP contribution in [-0.2, 0) is 0 Å². The number of nitriles is 1. The minimum Gasteiger partial charge on any atom is -0.367 e. The summed E-state index contributed by atoms with van der Waals surface area (Å²) < 4.78 is 0. The third-order valence-electron chi connectivity index (χ3n) is 4.24. The van der Waals surface area contributed by atoms with Gasteiger partial charge in [0.2, 0.25) is 0 Å². The van der Waals surface area contributed by atoms with Crippen LogP contribution in [0.1, 0.15) is 25.7 Å². The molecule has 2 bridgehead atoms. The SMILES string of the molecule is N#CC1(Nc2cccc(Cl)c2)CC2CCC1C2. The highest BCUT2D eigenvalue weighted by atomic mass is 35.5. The molecule has 0 aromatic heterocycles. The molecule has 3 unspecified atom stereocenters. The molecule has 0 radical (unpaired) electrons. The van der Waals surface area contributed by atoms with Crippen molar-refractivity contribution >= 4 is 17.3 Å². The number of benzene rings is 1. The van der Waals surface area contributed by atoms with Crippen molar-refractivity contribution in [2.45, 2.75) is 31.2 Å². The van der Waals surface area contributed by atoms with Crippen LogP contribution in [0.25, 0.3) is 0 Å². The maximum atomic E-state index is 9.52. The summed E-state index contributed by atoms with van der Waals surface area (Å²) in [5.74, 6) is 1.25. The van der Waals surface area contributed by atoms with E-state index in [4.69, 9.17) is 11.6 Å². The van der Waals surface area contributed by atoms with Crippen LogP contribution >= 0.6 is 11.6 Å². The standard InChI is InChI=1S/C14H15ClN2/c15-12-2-1-3-13(7-12)17-14(9-16)8-10-4-5-11(14)6-10/h1-3,7,10-11,17H,4-6,8H2. The van der Waals surface area contributed by atoms with Gasteiger partial charge in [0.25, 0.3) is 0 Å². The minimum atomic E-state index is -0.354. The predicted molar refractivity (Wildman–Crippen MR) is 68.9 cm³/mol. The Kier molecular flexibility index (Phi) is 2.52. The smallest absolute Gasteiger partial charge is 0.128 e. The summed E-state index contributed by atoms with van der Waals surface area (Å²) in [7, 11) is 0. The first-order valence-electron chi connectivity index (χ1n) is 6.17. The molecule has 88 valence electrons. The van der Waals surface area contributed by atoms with Gasteiger partial charge in [-0.25, -0.2) is 0 Å². The molecule has 2 aliphatic rings. The highest BCUT2D eigenvalue weighted by molar-refractivity contribution is 6.30. The van der Waals surface area contributed by atoms with Gasteiger partial charge in [0.05, 0.1) is 6.07 Å². The monoisotopic (exact) mass is 246 g/mol. The lowest BCUT2D eigenvalue weighted by atomic mass is 9.82. The van der Waals surface area contributed by atoms with Crippen molar-refractivity contribution in [3.8, 4) is 6.07 Å². The van der Waals surface area contributed by atoms with Crippen LogP contribution in [-0.4, -0.2) is 5.54 Å². The Morgan fingerprint density at radius 3 is 2.88 bits per heavy atom. The van der Waals surface area contributed by atoms with Crippen LogP contribution in [0.2, 0.25) is 5.02 Å². The van der Waals surface area contributed by atoms with Gasteiger partial charge < -0.3 is 5.32 Å². The normalized spacial score (nSPS) is 34.6. The second kappa shape index (κ2) is 3.92. The van der Waals surface area contributed by atoms with E-state index in [1.54, 1.807) is 0 Å². The number of fused-ring (bicyclic) bond motifs is 2. The number of nitrogens with one attached hydrogen (secondary N) is 1. The third kappa shape index (κ3) is 1.79. The highest BCUT2D eigenvalue weighted by Crippen LogP contribution is 2.51. The number of anilines is 1. The molecule has 17 heavy (non-hydrogen) atoms. The molecule has 0 amide bonds. The molecule has 3 rings (SSSR count). The van der Waals surface area contributed by atoms with E-state index in [-0.39, 0.29) is 5.54 Å². The van der Waals surface area contributed by atoms with E-state index < -0.39 is 0 Å². The summed E-state index contributed by atoms with van der Waals surface area (Å²) in [5.41, 5.74) is 0.611. The van der Waals surface area contributed by atoms with E-state index >= 15 is 0 Å². The van der Waals surface area contributed by atoms with E-state index in [0.29, 0.717) is 10.9 Å². The summed E-state index contributed by atoms with van der Waals surface area (Å²) in [6.45, 7) is 0. The van der Waals surface area contributed by atoms with E-state index in [0.717, 1.165) is 18.0 Å². The van der Waals surface area contributed by atoms with Gasteiger partial charge in [-0.1, -0.05) is 17.7 Å². The van der Waals surface area contributed by atoms with E-state index in [2.05, 4.69) is 11.4 Å². The summed E-state index contributed by atoms with van der Waals surface area (Å²) >= 11 is 5.98. The van der Waals surface area contributed by atoms with Crippen molar-refractivity contribution in [3.05, 3.63) is 29.3 Å². The van der Waals surface area contributed by atoms with Gasteiger partial charge in [0.15, 0.2) is 0 Å². The summed E-state index contributed by atoms with van der Waals surface area (Å²) in [6.07, 6.45) is 4.68. The quantitative estimate of drug-likeness (QED) is 0.861. The van der Waals surface area contributed by atoms with Crippen LogP contribution < -0.4 is 5.32 Å². The van der Waals surface area contributed by atoms with Crippen molar-refractivity contribution in [2.75, 3.05) is 5.32 Å². The van der Waals surface area contributed by atoms with Crippen molar-refractivity contribution in [3.63, 3.8) is 0 Å². The van der Waals surface area contributed by atoms with Crippen LogP contribution in [0, 0.1) is 23.2 Å². The van der Waals surface area contributed by atoms with Crippen molar-refractivity contribution < 1.29 is 0 Å². The first kappa shape index (κ1) is 10.9. The molecular weight excluding hydrogens is 232 g/mol. The Morgan fingerprint density at radius 1 is 1.41 bits per heavy atom. The van der Waals surface area contributed by atoms with Crippen molar-refractivity contribution in [2.24, 2.45) is 11.8 Å². The van der Waals surface area contributed by atoms with E-state index in [1.165, 1.54) is 19.3 Å². The zero-order chi connectivity index (χ0) is 11.9. The lowest BCUT2D eigenvalue weighted by Gasteiger charge is -2.33. The molecule has 1 aromatic rings. The molecule has 2 fully saturated rings. The average molecular weight is 247 g/mol. The fraction of sp³-hybridized carbons (Fsp3) is 0.500. The zero-order valence-electron chi connectivity index (χ0n) is 9.62. The zero-order valence-corrected chi connectivity index (χ0v) is 10.4. The fourth-order valence-corrected chi connectivity index (χ4v) is 3.66. The number of hydrogen-bond acceptors (Lipinski definition) is 2. The molecule has 1 aromatic carbocycles. The van der Waals surface area contributed by atoms with Gasteiger partial charge in [-0.05, 0) is 55.7 Å². The molecule has 0 aliphatic heterocycles. The lowest BCUT2D eigenvalue weighted by molar-refractivity contribution is 0.368. The van der Waals surface area contributed by atoms with Gasteiger partial charge in [0.1, 0.15) is 5.54 Å². The molecule has 2 nitrogen and oxygen atoms in total. The molecule has 0 spiro atoms. The van der Waals surface area contributed by atoms with Crippen LogP contribution in [0.4, 0.5) is 5.69 Å². The first-order chi connectivity index (χ1) is 8.22. The van der Waals surface area contributed by atoms with Crippen LogP contribution in [0.3, 0.4) is 0 Å². The van der Waals surface area contributed by atoms with Gasteiger partial charge in [-0.2, -0.15) is 5.26 Å². The predicted octanol–water partition coefficient (Wildman–Crippen LogP) is 3.83. The maximum absolute atomic E-state index is 9.52. The largest absolute Gasteiger partial charge is 0.367 e. The second-order valence-electron chi connectivity index (χ2n) is 5.30. The maximum Gasteiger partial charge on any atom is 0.128 e. The van der Waals surface area contributed by atoms with E-state index in [1.807, 2.05) is 24.3 Å². The summed E-state index contributed by atoms with van der Waals surface area (Å²) in [4.78, 5) is 0. The number of halogens is 1. The number of rotatable bonds is 2. The van der Waals surface area contributed by atoms with E-state index in [9.17, 15) is 5.26 Å². The Hall–Kier alpha value is -1.20. The lowest BCUT2D eigenvalue weighted by Crippen LogP contribution is -2.41. The topological polar surface area (TPSA) is 35.8 Å². The van der Waals surface area contributed by atoms with Crippen LogP contribution in [0.5, 0.6) is 0 Å². The summed E-state index contributed by atoms with van der Waals surface area (Å²) in [6, 6.07) is 10.2. The van der Waals surface area contributed by atoms with Gasteiger partial charge in [-0.3, -0.25) is 0 Å². The first-order valence-corrected chi connectivity index (χ1v) is 6.55. The molecule has 2 saturated carbocycles.